The minimum atomic E-state index is -0.211. The molecular formula is C21H26N2O2. The van der Waals surface area contributed by atoms with E-state index in [0.29, 0.717) is 11.5 Å². The average Bonchev–Trinajstić information content (AvgIpc) is 3.35. The Hall–Kier alpha value is -2.36. The largest absolute Gasteiger partial charge is 0.345 e. The maximum atomic E-state index is 12.8. The number of hydrogen-bond donors (Lipinski definition) is 2. The zero-order chi connectivity index (χ0) is 18.2. The molecule has 2 N–H and O–H groups in total. The number of H-pyrrole nitrogens is 1. The molecule has 1 aliphatic carbocycles. The molecule has 0 spiro atoms. The monoisotopic (exact) mass is 338 g/mol. The number of aromatic amines is 1. The number of rotatable bonds is 4. The van der Waals surface area contributed by atoms with Crippen LogP contribution >= 0.6 is 0 Å². The lowest BCUT2D eigenvalue weighted by molar-refractivity contribution is 0.0901. The molecule has 1 aromatic heterocycles. The van der Waals surface area contributed by atoms with Crippen molar-refractivity contribution in [3.8, 4) is 0 Å². The highest BCUT2D eigenvalue weighted by Gasteiger charge is 2.29. The number of nitrogens with one attached hydrogen (secondary N) is 2. The third-order valence-corrected chi connectivity index (χ3v) is 4.66. The molecule has 3 rings (SSSR count). The van der Waals surface area contributed by atoms with Gasteiger partial charge < -0.3 is 10.3 Å². The molecule has 0 aliphatic heterocycles. The smallest absolute Gasteiger partial charge is 0.252 e. The Morgan fingerprint density at radius 3 is 2.52 bits per heavy atom. The van der Waals surface area contributed by atoms with E-state index < -0.39 is 0 Å². The number of hydrogen-bond acceptors (Lipinski definition) is 2. The molecule has 1 saturated carbocycles. The Morgan fingerprint density at radius 1 is 1.20 bits per heavy atom. The molecule has 25 heavy (non-hydrogen) atoms. The maximum Gasteiger partial charge on any atom is 0.252 e. The van der Waals surface area contributed by atoms with Gasteiger partial charge in [-0.1, -0.05) is 50.6 Å². The van der Waals surface area contributed by atoms with Crippen molar-refractivity contribution >= 4 is 5.91 Å². The molecule has 132 valence electrons. The summed E-state index contributed by atoms with van der Waals surface area (Å²) >= 11 is 0. The van der Waals surface area contributed by atoms with Crippen LogP contribution in [0.25, 0.3) is 0 Å². The van der Waals surface area contributed by atoms with Gasteiger partial charge in [0.05, 0.1) is 6.04 Å². The van der Waals surface area contributed by atoms with E-state index in [1.807, 2.05) is 31.2 Å². The Morgan fingerprint density at radius 2 is 1.92 bits per heavy atom. The van der Waals surface area contributed by atoms with Gasteiger partial charge in [-0.2, -0.15) is 0 Å². The van der Waals surface area contributed by atoms with Crippen molar-refractivity contribution in [2.45, 2.75) is 52.5 Å². The summed E-state index contributed by atoms with van der Waals surface area (Å²) in [7, 11) is 0. The lowest BCUT2D eigenvalue weighted by atomic mass is 9.82. The van der Waals surface area contributed by atoms with Gasteiger partial charge in [-0.3, -0.25) is 9.59 Å². The lowest BCUT2D eigenvalue weighted by Crippen LogP contribution is -2.37. The minimum Gasteiger partial charge on any atom is -0.345 e. The van der Waals surface area contributed by atoms with Crippen molar-refractivity contribution in [1.29, 1.82) is 0 Å². The summed E-state index contributed by atoms with van der Waals surface area (Å²) in [6.07, 6.45) is 2.16. The first-order chi connectivity index (χ1) is 11.7. The Balaban J connectivity index is 1.89. The summed E-state index contributed by atoms with van der Waals surface area (Å²) in [5.41, 5.74) is 3.19. The standard InChI is InChI=1S/C21H26N2O2/c1-13-6-5-7-15(10-13)19(21(2,3)4)23-20(25)16-11-17(14-8-9-14)22-18(24)12-16/h5-7,10-12,14,19H,8-9H2,1-4H3,(H,22,24)(H,23,25). The van der Waals surface area contributed by atoms with Crippen LogP contribution < -0.4 is 10.9 Å². The SMILES string of the molecule is Cc1cccc(C(NC(=O)c2cc(C3CC3)[nH]c(=O)c2)C(C)(C)C)c1. The molecule has 1 aromatic carbocycles. The normalized spacial score (nSPS) is 15.7. The highest BCUT2D eigenvalue weighted by molar-refractivity contribution is 5.94. The van der Waals surface area contributed by atoms with Crippen LogP contribution in [-0.4, -0.2) is 10.9 Å². The van der Waals surface area contributed by atoms with Crippen molar-refractivity contribution < 1.29 is 4.79 Å². The number of carbonyl (C=O) groups excluding carboxylic acids is 1. The van der Waals surface area contributed by atoms with E-state index >= 15 is 0 Å². The van der Waals surface area contributed by atoms with Crippen LogP contribution in [0.15, 0.2) is 41.2 Å². The second-order valence-electron chi connectivity index (χ2n) is 8.15. The van der Waals surface area contributed by atoms with Gasteiger partial charge in [0, 0.05) is 17.3 Å². The van der Waals surface area contributed by atoms with Gasteiger partial charge in [0.2, 0.25) is 5.56 Å². The van der Waals surface area contributed by atoms with Gasteiger partial charge in [-0.05, 0) is 42.7 Å². The fraction of sp³-hybridized carbons (Fsp3) is 0.429. The quantitative estimate of drug-likeness (QED) is 0.882. The molecule has 1 unspecified atom stereocenters. The van der Waals surface area contributed by atoms with E-state index in [4.69, 9.17) is 0 Å². The van der Waals surface area contributed by atoms with E-state index in [9.17, 15) is 9.59 Å². The average molecular weight is 338 g/mol. The minimum absolute atomic E-state index is 0.136. The third-order valence-electron chi connectivity index (χ3n) is 4.66. The Bertz CT molecular complexity index is 841. The van der Waals surface area contributed by atoms with Gasteiger partial charge in [0.1, 0.15) is 0 Å². The van der Waals surface area contributed by atoms with Gasteiger partial charge >= 0.3 is 0 Å². The fourth-order valence-electron chi connectivity index (χ4n) is 3.17. The van der Waals surface area contributed by atoms with Crippen LogP contribution in [0.4, 0.5) is 0 Å². The summed E-state index contributed by atoms with van der Waals surface area (Å²) in [5.74, 6) is 0.199. The molecule has 2 aromatic rings. The highest BCUT2D eigenvalue weighted by atomic mass is 16.2. The number of benzene rings is 1. The predicted molar refractivity (Wildman–Crippen MR) is 99.9 cm³/mol. The van der Waals surface area contributed by atoms with Crippen molar-refractivity contribution in [1.82, 2.24) is 10.3 Å². The van der Waals surface area contributed by atoms with Gasteiger partial charge in [-0.15, -0.1) is 0 Å². The van der Waals surface area contributed by atoms with Crippen LogP contribution in [0, 0.1) is 12.3 Å². The fourth-order valence-corrected chi connectivity index (χ4v) is 3.17. The molecule has 1 heterocycles. The molecule has 0 bridgehead atoms. The topological polar surface area (TPSA) is 62.0 Å². The summed E-state index contributed by atoms with van der Waals surface area (Å²) in [4.78, 5) is 27.6. The van der Waals surface area contributed by atoms with Crippen LogP contribution in [0.3, 0.4) is 0 Å². The predicted octanol–water partition coefficient (Wildman–Crippen LogP) is 4.08. The third kappa shape index (κ3) is 4.19. The molecule has 1 atom stereocenters. The molecule has 1 amide bonds. The zero-order valence-corrected chi connectivity index (χ0v) is 15.3. The first kappa shape index (κ1) is 17.5. The maximum absolute atomic E-state index is 12.8. The van der Waals surface area contributed by atoms with Crippen LogP contribution in [0.5, 0.6) is 0 Å². The lowest BCUT2D eigenvalue weighted by Gasteiger charge is -2.32. The molecule has 0 saturated heterocycles. The van der Waals surface area contributed by atoms with Gasteiger partial charge in [0.25, 0.3) is 5.91 Å². The Kier molecular flexibility index (Phi) is 4.55. The van der Waals surface area contributed by atoms with Crippen molar-refractivity contribution in [2.75, 3.05) is 0 Å². The molecule has 1 aliphatic rings. The number of pyridine rings is 1. The Labute approximate surface area is 148 Å². The van der Waals surface area contributed by atoms with Crippen LogP contribution in [0.2, 0.25) is 0 Å². The van der Waals surface area contributed by atoms with E-state index in [1.54, 1.807) is 0 Å². The van der Waals surface area contributed by atoms with Crippen LogP contribution in [0.1, 0.15) is 72.8 Å². The summed E-state index contributed by atoms with van der Waals surface area (Å²) in [6.45, 7) is 8.36. The molecule has 0 radical (unpaired) electrons. The summed E-state index contributed by atoms with van der Waals surface area (Å²) in [6, 6.07) is 11.3. The second kappa shape index (κ2) is 6.51. The first-order valence-corrected chi connectivity index (χ1v) is 8.86. The summed E-state index contributed by atoms with van der Waals surface area (Å²) in [5, 5.41) is 3.14. The van der Waals surface area contributed by atoms with Gasteiger partial charge in [-0.25, -0.2) is 0 Å². The molecular weight excluding hydrogens is 312 g/mol. The van der Waals surface area contributed by atoms with Crippen LogP contribution in [-0.2, 0) is 0 Å². The van der Waals surface area contributed by atoms with Gasteiger partial charge in [0.15, 0.2) is 0 Å². The highest BCUT2D eigenvalue weighted by Crippen LogP contribution is 2.39. The molecule has 4 nitrogen and oxygen atoms in total. The second-order valence-corrected chi connectivity index (χ2v) is 8.15. The van der Waals surface area contributed by atoms with Crippen molar-refractivity contribution in [3.05, 3.63) is 69.1 Å². The zero-order valence-electron chi connectivity index (χ0n) is 15.3. The van der Waals surface area contributed by atoms with E-state index in [1.165, 1.54) is 6.07 Å². The van der Waals surface area contributed by atoms with E-state index in [2.05, 4.69) is 37.1 Å². The van der Waals surface area contributed by atoms with E-state index in [0.717, 1.165) is 29.7 Å². The van der Waals surface area contributed by atoms with E-state index in [-0.39, 0.29) is 22.9 Å². The number of aromatic nitrogens is 1. The van der Waals surface area contributed by atoms with Crippen molar-refractivity contribution in [3.63, 3.8) is 0 Å². The number of amides is 1. The molecule has 4 heteroatoms. The first-order valence-electron chi connectivity index (χ1n) is 8.86. The van der Waals surface area contributed by atoms with Crippen molar-refractivity contribution in [2.24, 2.45) is 5.41 Å². The number of aryl methyl sites for hydroxylation is 1. The summed E-state index contributed by atoms with van der Waals surface area (Å²) < 4.78 is 0. The molecule has 1 fully saturated rings. The number of carbonyl (C=O) groups is 1.